The fourth-order valence-corrected chi connectivity index (χ4v) is 1.49. The maximum atomic E-state index is 12.1. The first-order valence-electron chi connectivity index (χ1n) is 5.34. The van der Waals surface area contributed by atoms with E-state index in [2.05, 4.69) is 15.6 Å². The number of alkyl halides is 3. The van der Waals surface area contributed by atoms with Gasteiger partial charge in [0.05, 0.1) is 12.0 Å². The summed E-state index contributed by atoms with van der Waals surface area (Å²) >= 11 is 0. The van der Waals surface area contributed by atoms with Gasteiger partial charge in [0.1, 0.15) is 5.82 Å². The Morgan fingerprint density at radius 1 is 1.50 bits per heavy atom. The molecule has 0 radical (unpaired) electrons. The van der Waals surface area contributed by atoms with Crippen molar-refractivity contribution in [2.45, 2.75) is 25.6 Å². The predicted molar refractivity (Wildman–Crippen MR) is 61.4 cm³/mol. The van der Waals surface area contributed by atoms with Crippen LogP contribution < -0.4 is 10.6 Å². The Labute approximate surface area is 103 Å². The molecule has 4 nitrogen and oxygen atoms in total. The van der Waals surface area contributed by atoms with E-state index >= 15 is 0 Å². The zero-order valence-corrected chi connectivity index (χ0v) is 10.0. The number of amides is 1. The molecule has 1 unspecified atom stereocenters. The van der Waals surface area contributed by atoms with Crippen molar-refractivity contribution in [2.75, 3.05) is 12.4 Å². The van der Waals surface area contributed by atoms with Crippen LogP contribution in [-0.2, 0) is 0 Å². The van der Waals surface area contributed by atoms with Crippen molar-refractivity contribution in [1.29, 1.82) is 0 Å². The van der Waals surface area contributed by atoms with E-state index in [0.29, 0.717) is 5.82 Å². The molecule has 0 aliphatic heterocycles. The molecule has 7 heteroatoms. The van der Waals surface area contributed by atoms with E-state index in [9.17, 15) is 18.0 Å². The van der Waals surface area contributed by atoms with Crippen molar-refractivity contribution < 1.29 is 18.0 Å². The molecule has 2 N–H and O–H groups in total. The first-order chi connectivity index (χ1) is 8.33. The van der Waals surface area contributed by atoms with Gasteiger partial charge in [-0.05, 0) is 19.1 Å². The SMILES string of the molecule is CNc1ncccc1C(=O)NC(C)CC(F)(F)F. The van der Waals surface area contributed by atoms with Crippen molar-refractivity contribution in [3.8, 4) is 0 Å². The first-order valence-corrected chi connectivity index (χ1v) is 5.34. The maximum Gasteiger partial charge on any atom is 0.391 e. The van der Waals surface area contributed by atoms with Crippen LogP contribution in [0.15, 0.2) is 18.3 Å². The van der Waals surface area contributed by atoms with Gasteiger partial charge in [0.25, 0.3) is 5.91 Å². The standard InChI is InChI=1S/C11H14F3N3O/c1-7(6-11(12,13)14)17-10(18)8-4-3-5-16-9(8)15-2/h3-5,7H,6H2,1-2H3,(H,15,16)(H,17,18). The highest BCUT2D eigenvalue weighted by Gasteiger charge is 2.30. The average molecular weight is 261 g/mol. The van der Waals surface area contributed by atoms with Gasteiger partial charge >= 0.3 is 6.18 Å². The van der Waals surface area contributed by atoms with Crippen molar-refractivity contribution in [1.82, 2.24) is 10.3 Å². The van der Waals surface area contributed by atoms with E-state index in [1.54, 1.807) is 13.1 Å². The Balaban J connectivity index is 2.71. The Morgan fingerprint density at radius 3 is 2.72 bits per heavy atom. The number of nitrogens with one attached hydrogen (secondary N) is 2. The molecule has 0 spiro atoms. The van der Waals surface area contributed by atoms with Gasteiger partial charge in [0.15, 0.2) is 0 Å². The van der Waals surface area contributed by atoms with E-state index < -0.39 is 24.5 Å². The number of anilines is 1. The second-order valence-corrected chi connectivity index (χ2v) is 3.84. The molecule has 1 aromatic rings. The maximum absolute atomic E-state index is 12.1. The molecule has 18 heavy (non-hydrogen) atoms. The number of carbonyl (C=O) groups excluding carboxylic acids is 1. The lowest BCUT2D eigenvalue weighted by molar-refractivity contribution is -0.138. The van der Waals surface area contributed by atoms with Gasteiger partial charge in [-0.15, -0.1) is 0 Å². The zero-order chi connectivity index (χ0) is 13.8. The summed E-state index contributed by atoms with van der Waals surface area (Å²) < 4.78 is 36.4. The molecule has 1 rings (SSSR count). The zero-order valence-electron chi connectivity index (χ0n) is 10.0. The summed E-state index contributed by atoms with van der Waals surface area (Å²) in [5.74, 6) is -0.251. The summed E-state index contributed by atoms with van der Waals surface area (Å²) in [5.41, 5.74) is 0.217. The van der Waals surface area contributed by atoms with E-state index in [1.165, 1.54) is 19.2 Å². The normalized spacial score (nSPS) is 12.9. The van der Waals surface area contributed by atoms with Crippen LogP contribution in [0.2, 0.25) is 0 Å². The van der Waals surface area contributed by atoms with Gasteiger partial charge in [-0.2, -0.15) is 13.2 Å². The second-order valence-electron chi connectivity index (χ2n) is 3.84. The van der Waals surface area contributed by atoms with Crippen LogP contribution in [0.3, 0.4) is 0 Å². The minimum Gasteiger partial charge on any atom is -0.372 e. The summed E-state index contributed by atoms with van der Waals surface area (Å²) in [6.45, 7) is 1.31. The fourth-order valence-electron chi connectivity index (χ4n) is 1.49. The largest absolute Gasteiger partial charge is 0.391 e. The summed E-state index contributed by atoms with van der Waals surface area (Å²) in [6.07, 6.45) is -3.87. The van der Waals surface area contributed by atoms with Crippen LogP contribution in [0, 0.1) is 0 Å². The number of hydrogen-bond donors (Lipinski definition) is 2. The van der Waals surface area contributed by atoms with Gasteiger partial charge < -0.3 is 10.6 Å². The molecular formula is C11H14F3N3O. The summed E-state index contributed by atoms with van der Waals surface area (Å²) in [5, 5.41) is 4.99. The van der Waals surface area contributed by atoms with Gasteiger partial charge in [-0.25, -0.2) is 4.98 Å². The monoisotopic (exact) mass is 261 g/mol. The molecule has 100 valence electrons. The minimum absolute atomic E-state index is 0.217. The molecule has 1 heterocycles. The summed E-state index contributed by atoms with van der Waals surface area (Å²) in [7, 11) is 1.58. The molecule has 0 saturated heterocycles. The van der Waals surface area contributed by atoms with E-state index in [-0.39, 0.29) is 5.56 Å². The van der Waals surface area contributed by atoms with Gasteiger partial charge in [0, 0.05) is 19.3 Å². The molecule has 0 bridgehead atoms. The molecule has 0 saturated carbocycles. The van der Waals surface area contributed by atoms with Crippen LogP contribution >= 0.6 is 0 Å². The van der Waals surface area contributed by atoms with Crippen molar-refractivity contribution in [2.24, 2.45) is 0 Å². The minimum atomic E-state index is -4.30. The van der Waals surface area contributed by atoms with Gasteiger partial charge in [-0.3, -0.25) is 4.79 Å². The van der Waals surface area contributed by atoms with Crippen LogP contribution in [0.1, 0.15) is 23.7 Å². The van der Waals surface area contributed by atoms with E-state index in [4.69, 9.17) is 0 Å². The van der Waals surface area contributed by atoms with E-state index in [0.717, 1.165) is 0 Å². The number of rotatable bonds is 4. The number of carbonyl (C=O) groups is 1. The first kappa shape index (κ1) is 14.3. The van der Waals surface area contributed by atoms with Crippen molar-refractivity contribution >= 4 is 11.7 Å². The van der Waals surface area contributed by atoms with Crippen LogP contribution in [0.5, 0.6) is 0 Å². The van der Waals surface area contributed by atoms with E-state index in [1.807, 2.05) is 0 Å². The number of hydrogen-bond acceptors (Lipinski definition) is 3. The quantitative estimate of drug-likeness (QED) is 0.873. The average Bonchev–Trinajstić information content (AvgIpc) is 2.26. The molecule has 1 aromatic heterocycles. The molecule has 1 amide bonds. The predicted octanol–water partition coefficient (Wildman–Crippen LogP) is 2.19. The van der Waals surface area contributed by atoms with Crippen molar-refractivity contribution in [3.05, 3.63) is 23.9 Å². The lowest BCUT2D eigenvalue weighted by atomic mass is 10.2. The number of halogens is 3. The Hall–Kier alpha value is -1.79. The van der Waals surface area contributed by atoms with Gasteiger partial charge in [0.2, 0.25) is 0 Å². The molecule has 0 fully saturated rings. The lowest BCUT2D eigenvalue weighted by Gasteiger charge is -2.16. The van der Waals surface area contributed by atoms with Gasteiger partial charge in [-0.1, -0.05) is 0 Å². The molecule has 0 aromatic carbocycles. The number of pyridine rings is 1. The van der Waals surface area contributed by atoms with Crippen LogP contribution in [0.25, 0.3) is 0 Å². The highest BCUT2D eigenvalue weighted by atomic mass is 19.4. The smallest absolute Gasteiger partial charge is 0.372 e. The number of aromatic nitrogens is 1. The molecular weight excluding hydrogens is 247 g/mol. The highest BCUT2D eigenvalue weighted by Crippen LogP contribution is 2.21. The Morgan fingerprint density at radius 2 is 2.17 bits per heavy atom. The summed E-state index contributed by atoms with van der Waals surface area (Å²) in [6, 6.07) is 2.06. The second kappa shape index (κ2) is 5.70. The van der Waals surface area contributed by atoms with Crippen LogP contribution in [0.4, 0.5) is 19.0 Å². The molecule has 1 atom stereocenters. The molecule has 0 aliphatic carbocycles. The van der Waals surface area contributed by atoms with Crippen LogP contribution in [-0.4, -0.2) is 30.2 Å². The topological polar surface area (TPSA) is 54.0 Å². The highest BCUT2D eigenvalue weighted by molar-refractivity contribution is 5.98. The fraction of sp³-hybridized carbons (Fsp3) is 0.455. The van der Waals surface area contributed by atoms with Crippen molar-refractivity contribution in [3.63, 3.8) is 0 Å². The Kier molecular flexibility index (Phi) is 4.52. The lowest BCUT2D eigenvalue weighted by Crippen LogP contribution is -2.36. The third kappa shape index (κ3) is 4.23. The molecule has 0 aliphatic rings. The Bertz CT molecular complexity index is 420. The summed E-state index contributed by atoms with van der Waals surface area (Å²) in [4.78, 5) is 15.7. The third-order valence-electron chi connectivity index (χ3n) is 2.20. The third-order valence-corrected chi connectivity index (χ3v) is 2.20. The number of nitrogens with zero attached hydrogens (tertiary/aromatic N) is 1.